The normalized spacial score (nSPS) is 10.3. The quantitative estimate of drug-likeness (QED) is 0.945. The average Bonchev–Trinajstić information content (AvgIpc) is 2.45. The van der Waals surface area contributed by atoms with E-state index in [1.807, 2.05) is 0 Å². The number of carbonyl (C=O) groups excluding carboxylic acids is 1. The van der Waals surface area contributed by atoms with Crippen molar-refractivity contribution in [1.29, 1.82) is 0 Å². The first-order valence-corrected chi connectivity index (χ1v) is 6.03. The number of carbonyl (C=O) groups is 1. The van der Waals surface area contributed by atoms with Gasteiger partial charge in [-0.1, -0.05) is 6.07 Å². The average molecular weight is 295 g/mol. The molecule has 0 fully saturated rings. The van der Waals surface area contributed by atoms with E-state index in [-0.39, 0.29) is 12.2 Å². The summed E-state index contributed by atoms with van der Waals surface area (Å²) in [7, 11) is 1.45. The van der Waals surface area contributed by atoms with Crippen LogP contribution < -0.4 is 5.32 Å². The van der Waals surface area contributed by atoms with E-state index in [2.05, 4.69) is 10.3 Å². The first-order chi connectivity index (χ1) is 9.97. The Morgan fingerprint density at radius 2 is 1.95 bits per heavy atom. The third kappa shape index (κ3) is 3.71. The molecule has 21 heavy (non-hydrogen) atoms. The molecule has 0 unspecified atom stereocenters. The molecule has 7 heteroatoms. The van der Waals surface area contributed by atoms with Crippen LogP contribution in [0.3, 0.4) is 0 Å². The van der Waals surface area contributed by atoms with Crippen LogP contribution in [0.25, 0.3) is 0 Å². The Labute approximate surface area is 119 Å². The van der Waals surface area contributed by atoms with E-state index < -0.39 is 23.5 Å². The Balaban J connectivity index is 2.02. The number of hydrogen-bond donors (Lipinski definition) is 1. The molecule has 1 N–H and O–H groups in total. The highest BCUT2D eigenvalue weighted by Crippen LogP contribution is 2.13. The number of urea groups is 1. The van der Waals surface area contributed by atoms with Gasteiger partial charge in [-0.25, -0.2) is 18.0 Å². The first kappa shape index (κ1) is 14.8. The van der Waals surface area contributed by atoms with Crippen molar-refractivity contribution < 1.29 is 18.0 Å². The van der Waals surface area contributed by atoms with Gasteiger partial charge in [-0.05, 0) is 23.8 Å². The summed E-state index contributed by atoms with van der Waals surface area (Å²) in [6.07, 6.45) is 2.32. The predicted octanol–water partition coefficient (Wildman–Crippen LogP) is 3.16. The van der Waals surface area contributed by atoms with Crippen LogP contribution in [0.2, 0.25) is 0 Å². The molecule has 0 aliphatic carbocycles. The van der Waals surface area contributed by atoms with Crippen LogP contribution in [0.4, 0.5) is 23.7 Å². The van der Waals surface area contributed by atoms with Gasteiger partial charge in [-0.2, -0.15) is 0 Å². The molecule has 2 amide bonds. The highest BCUT2D eigenvalue weighted by atomic mass is 19.2. The lowest BCUT2D eigenvalue weighted by Gasteiger charge is -2.18. The topological polar surface area (TPSA) is 45.2 Å². The monoisotopic (exact) mass is 295 g/mol. The van der Waals surface area contributed by atoms with E-state index >= 15 is 0 Å². The molecule has 0 atom stereocenters. The Kier molecular flexibility index (Phi) is 4.42. The highest BCUT2D eigenvalue weighted by molar-refractivity contribution is 5.89. The lowest BCUT2D eigenvalue weighted by molar-refractivity contribution is 0.220. The zero-order chi connectivity index (χ0) is 15.4. The molecule has 0 aliphatic heterocycles. The fourth-order valence-electron chi connectivity index (χ4n) is 1.67. The van der Waals surface area contributed by atoms with Crippen molar-refractivity contribution in [2.45, 2.75) is 6.54 Å². The van der Waals surface area contributed by atoms with Crippen molar-refractivity contribution in [2.24, 2.45) is 0 Å². The van der Waals surface area contributed by atoms with Crippen LogP contribution in [-0.4, -0.2) is 23.0 Å². The molecule has 4 nitrogen and oxygen atoms in total. The fraction of sp³-hybridized carbons (Fsp3) is 0.143. The van der Waals surface area contributed by atoms with Crippen molar-refractivity contribution in [3.05, 3.63) is 59.7 Å². The number of halogens is 3. The van der Waals surface area contributed by atoms with E-state index in [0.717, 1.165) is 18.3 Å². The van der Waals surface area contributed by atoms with Crippen molar-refractivity contribution in [1.82, 2.24) is 9.88 Å². The van der Waals surface area contributed by atoms with Crippen LogP contribution in [0.5, 0.6) is 0 Å². The number of anilines is 1. The minimum absolute atomic E-state index is 0.00728. The van der Waals surface area contributed by atoms with Crippen molar-refractivity contribution in [2.75, 3.05) is 12.4 Å². The maximum atomic E-state index is 13.4. The van der Waals surface area contributed by atoms with Gasteiger partial charge in [0.1, 0.15) is 0 Å². The summed E-state index contributed by atoms with van der Waals surface area (Å²) in [6, 6.07) is 4.10. The van der Waals surface area contributed by atoms with Gasteiger partial charge in [0.2, 0.25) is 0 Å². The minimum atomic E-state index is -0.985. The Morgan fingerprint density at radius 1 is 1.19 bits per heavy atom. The van der Waals surface area contributed by atoms with Crippen molar-refractivity contribution in [3.8, 4) is 0 Å². The number of nitrogens with one attached hydrogen (secondary N) is 1. The lowest BCUT2D eigenvalue weighted by Crippen LogP contribution is -2.31. The molecule has 0 radical (unpaired) electrons. The summed E-state index contributed by atoms with van der Waals surface area (Å²) in [6.45, 7) is 0.0513. The van der Waals surface area contributed by atoms with Crippen LogP contribution in [0, 0.1) is 17.5 Å². The van der Waals surface area contributed by atoms with E-state index in [9.17, 15) is 18.0 Å². The second-order valence-corrected chi connectivity index (χ2v) is 4.39. The number of nitrogens with zero attached hydrogens (tertiary/aromatic N) is 2. The van der Waals surface area contributed by atoms with Gasteiger partial charge < -0.3 is 10.2 Å². The van der Waals surface area contributed by atoms with Gasteiger partial charge in [-0.15, -0.1) is 0 Å². The van der Waals surface area contributed by atoms with Gasteiger partial charge in [0.25, 0.3) is 0 Å². The summed E-state index contributed by atoms with van der Waals surface area (Å²) < 4.78 is 39.2. The Bertz CT molecular complexity index is 664. The van der Waals surface area contributed by atoms with Crippen LogP contribution in [-0.2, 0) is 6.54 Å². The number of pyridine rings is 1. The van der Waals surface area contributed by atoms with E-state index in [1.54, 1.807) is 0 Å². The third-order valence-electron chi connectivity index (χ3n) is 2.76. The number of benzene rings is 1. The van der Waals surface area contributed by atoms with Gasteiger partial charge >= 0.3 is 6.03 Å². The van der Waals surface area contributed by atoms with Gasteiger partial charge in [0.05, 0.1) is 11.9 Å². The molecule has 2 rings (SSSR count). The molecule has 110 valence electrons. The third-order valence-corrected chi connectivity index (χ3v) is 2.76. The van der Waals surface area contributed by atoms with E-state index in [0.29, 0.717) is 5.56 Å². The summed E-state index contributed by atoms with van der Waals surface area (Å²) in [5.74, 6) is -2.60. The van der Waals surface area contributed by atoms with Gasteiger partial charge in [-0.3, -0.25) is 4.98 Å². The molecule has 1 heterocycles. The van der Waals surface area contributed by atoms with Crippen LogP contribution in [0.15, 0.2) is 36.7 Å². The fourth-order valence-corrected chi connectivity index (χ4v) is 1.67. The summed E-state index contributed by atoms with van der Waals surface area (Å²) in [5.41, 5.74) is 0.411. The second kappa shape index (κ2) is 6.25. The predicted molar refractivity (Wildman–Crippen MR) is 71.0 cm³/mol. The lowest BCUT2D eigenvalue weighted by atomic mass is 10.2. The Morgan fingerprint density at radius 3 is 2.62 bits per heavy atom. The highest BCUT2D eigenvalue weighted by Gasteiger charge is 2.12. The summed E-state index contributed by atoms with van der Waals surface area (Å²) in [4.78, 5) is 16.7. The number of hydrogen-bond acceptors (Lipinski definition) is 2. The second-order valence-electron chi connectivity index (χ2n) is 4.39. The molecule has 0 saturated carbocycles. The van der Waals surface area contributed by atoms with E-state index in [4.69, 9.17) is 0 Å². The van der Waals surface area contributed by atoms with Crippen molar-refractivity contribution in [3.63, 3.8) is 0 Å². The van der Waals surface area contributed by atoms with E-state index in [1.165, 1.54) is 30.3 Å². The van der Waals surface area contributed by atoms with Gasteiger partial charge in [0.15, 0.2) is 17.5 Å². The molecule has 2 aromatic rings. The maximum absolute atomic E-state index is 13.4. The smallest absolute Gasteiger partial charge is 0.321 e. The van der Waals surface area contributed by atoms with Gasteiger partial charge in [0, 0.05) is 19.8 Å². The summed E-state index contributed by atoms with van der Waals surface area (Å²) >= 11 is 0. The van der Waals surface area contributed by atoms with Crippen LogP contribution in [0.1, 0.15) is 5.56 Å². The maximum Gasteiger partial charge on any atom is 0.321 e. The van der Waals surface area contributed by atoms with Crippen LogP contribution >= 0.6 is 0 Å². The first-order valence-electron chi connectivity index (χ1n) is 6.03. The molecule has 0 aliphatic rings. The number of amides is 2. The number of rotatable bonds is 3. The van der Waals surface area contributed by atoms with Crippen molar-refractivity contribution >= 4 is 11.7 Å². The zero-order valence-corrected chi connectivity index (χ0v) is 11.1. The molecule has 0 saturated heterocycles. The standard InChI is InChI=1S/C14H12F3N3O/c1-20(8-9-2-3-10(15)11(16)6-9)14(21)19-13-4-5-18-7-12(13)17/h2-7H,8H2,1H3,(H,18,19,21). The molecule has 0 bridgehead atoms. The summed E-state index contributed by atoms with van der Waals surface area (Å²) in [5, 5.41) is 2.36. The molecular weight excluding hydrogens is 283 g/mol. The zero-order valence-electron chi connectivity index (χ0n) is 11.1. The largest absolute Gasteiger partial charge is 0.323 e. The molecule has 1 aromatic carbocycles. The SMILES string of the molecule is CN(Cc1ccc(F)c(F)c1)C(=O)Nc1ccncc1F. The minimum Gasteiger partial charge on any atom is -0.323 e. The molecule has 1 aromatic heterocycles. The number of aromatic nitrogens is 1. The molecule has 0 spiro atoms. The molecular formula is C14H12F3N3O. The Hall–Kier alpha value is -2.57.